The first kappa shape index (κ1) is 16.2. The Morgan fingerprint density at radius 2 is 1.90 bits per heavy atom. The summed E-state index contributed by atoms with van der Waals surface area (Å²) in [5, 5.41) is 3.64. The van der Waals surface area contributed by atoms with Crippen LogP contribution in [0.25, 0.3) is 0 Å². The van der Waals surface area contributed by atoms with E-state index in [1.807, 2.05) is 12.1 Å². The van der Waals surface area contributed by atoms with E-state index < -0.39 is 0 Å². The Bertz CT molecular complexity index is 427. The molecule has 0 spiro atoms. The molecule has 2 rings (SSSR count). The molecule has 118 valence electrons. The molecular weight excluding hydrogens is 262 g/mol. The fourth-order valence-electron chi connectivity index (χ4n) is 3.27. The third kappa shape index (κ3) is 4.63. The fraction of sp³-hybridized carbons (Fsp3) is 0.667. The van der Waals surface area contributed by atoms with Gasteiger partial charge in [0.1, 0.15) is 11.5 Å². The second kappa shape index (κ2) is 8.28. The average molecular weight is 291 g/mol. The number of nitrogens with one attached hydrogen (secondary N) is 1. The first-order valence-electron chi connectivity index (χ1n) is 8.20. The first-order valence-corrected chi connectivity index (χ1v) is 8.20. The van der Waals surface area contributed by atoms with Gasteiger partial charge in [-0.15, -0.1) is 0 Å². The molecule has 1 fully saturated rings. The van der Waals surface area contributed by atoms with Crippen molar-refractivity contribution < 1.29 is 9.47 Å². The van der Waals surface area contributed by atoms with E-state index in [4.69, 9.17) is 9.47 Å². The zero-order valence-electron chi connectivity index (χ0n) is 13.7. The van der Waals surface area contributed by atoms with Gasteiger partial charge in [-0.1, -0.05) is 32.1 Å². The maximum Gasteiger partial charge on any atom is 0.123 e. The van der Waals surface area contributed by atoms with Crippen molar-refractivity contribution in [2.75, 3.05) is 20.8 Å². The van der Waals surface area contributed by atoms with Crippen LogP contribution >= 0.6 is 0 Å². The van der Waals surface area contributed by atoms with E-state index in [0.717, 1.165) is 24.0 Å². The van der Waals surface area contributed by atoms with Crippen LogP contribution in [-0.2, 0) is 0 Å². The zero-order chi connectivity index (χ0) is 15.1. The van der Waals surface area contributed by atoms with E-state index in [1.165, 1.54) is 44.1 Å². The molecular formula is C18H29NO2. The average Bonchev–Trinajstić information content (AvgIpc) is 2.55. The summed E-state index contributed by atoms with van der Waals surface area (Å²) in [6.07, 6.45) is 8.39. The molecule has 1 aliphatic carbocycles. The molecule has 1 aromatic carbocycles. The van der Waals surface area contributed by atoms with Gasteiger partial charge in [0, 0.05) is 11.6 Å². The van der Waals surface area contributed by atoms with Gasteiger partial charge in [-0.25, -0.2) is 0 Å². The Balaban J connectivity index is 1.88. The summed E-state index contributed by atoms with van der Waals surface area (Å²) >= 11 is 0. The molecule has 0 bridgehead atoms. The molecule has 0 heterocycles. The van der Waals surface area contributed by atoms with Crippen molar-refractivity contribution in [3.8, 4) is 11.5 Å². The lowest BCUT2D eigenvalue weighted by atomic mass is 9.87. The maximum atomic E-state index is 5.47. The maximum absolute atomic E-state index is 5.47. The lowest BCUT2D eigenvalue weighted by Crippen LogP contribution is -2.23. The van der Waals surface area contributed by atoms with E-state index in [2.05, 4.69) is 18.3 Å². The third-order valence-corrected chi connectivity index (χ3v) is 4.63. The summed E-state index contributed by atoms with van der Waals surface area (Å²) in [6, 6.07) is 6.26. The van der Waals surface area contributed by atoms with Gasteiger partial charge in [-0.05, 0) is 44.0 Å². The Kier molecular flexibility index (Phi) is 6.37. The quantitative estimate of drug-likeness (QED) is 0.811. The molecule has 1 aliphatic rings. The van der Waals surface area contributed by atoms with Gasteiger partial charge in [0.2, 0.25) is 0 Å². The Hall–Kier alpha value is -1.22. The van der Waals surface area contributed by atoms with Crippen LogP contribution in [0.2, 0.25) is 0 Å². The van der Waals surface area contributed by atoms with E-state index in [-0.39, 0.29) is 6.04 Å². The Labute approximate surface area is 129 Å². The van der Waals surface area contributed by atoms with Crippen LogP contribution in [0.4, 0.5) is 0 Å². The lowest BCUT2D eigenvalue weighted by Gasteiger charge is -2.23. The fourth-order valence-corrected chi connectivity index (χ4v) is 3.27. The Morgan fingerprint density at radius 3 is 2.57 bits per heavy atom. The molecule has 0 saturated heterocycles. The minimum atomic E-state index is 0.277. The van der Waals surface area contributed by atoms with Crippen molar-refractivity contribution in [1.29, 1.82) is 0 Å². The highest BCUT2D eigenvalue weighted by atomic mass is 16.5. The number of methoxy groups -OCH3 is 2. The van der Waals surface area contributed by atoms with Crippen LogP contribution in [0.1, 0.15) is 57.1 Å². The number of hydrogen-bond donors (Lipinski definition) is 1. The lowest BCUT2D eigenvalue weighted by molar-refractivity contribution is 0.328. The van der Waals surface area contributed by atoms with E-state index >= 15 is 0 Å². The largest absolute Gasteiger partial charge is 0.497 e. The predicted octanol–water partition coefficient (Wildman–Crippen LogP) is 4.32. The van der Waals surface area contributed by atoms with Crippen molar-refractivity contribution in [3.63, 3.8) is 0 Å². The molecule has 1 unspecified atom stereocenters. The molecule has 0 radical (unpaired) electrons. The number of rotatable bonds is 7. The Morgan fingerprint density at radius 1 is 1.14 bits per heavy atom. The van der Waals surface area contributed by atoms with Crippen LogP contribution in [0, 0.1) is 5.92 Å². The van der Waals surface area contributed by atoms with Gasteiger partial charge in [0.15, 0.2) is 0 Å². The van der Waals surface area contributed by atoms with Gasteiger partial charge in [0.05, 0.1) is 14.2 Å². The smallest absolute Gasteiger partial charge is 0.123 e. The van der Waals surface area contributed by atoms with Crippen LogP contribution in [0.3, 0.4) is 0 Å². The van der Waals surface area contributed by atoms with E-state index in [0.29, 0.717) is 0 Å². The van der Waals surface area contributed by atoms with Gasteiger partial charge in [-0.2, -0.15) is 0 Å². The molecule has 3 heteroatoms. The predicted molar refractivity (Wildman–Crippen MR) is 87.2 cm³/mol. The van der Waals surface area contributed by atoms with Crippen LogP contribution in [0.15, 0.2) is 18.2 Å². The summed E-state index contributed by atoms with van der Waals surface area (Å²) in [6.45, 7) is 3.27. The van der Waals surface area contributed by atoms with Gasteiger partial charge in [0.25, 0.3) is 0 Å². The highest BCUT2D eigenvalue weighted by Crippen LogP contribution is 2.30. The van der Waals surface area contributed by atoms with Gasteiger partial charge in [-0.3, -0.25) is 0 Å². The topological polar surface area (TPSA) is 30.5 Å². The zero-order valence-corrected chi connectivity index (χ0v) is 13.7. The summed E-state index contributed by atoms with van der Waals surface area (Å²) in [4.78, 5) is 0. The van der Waals surface area contributed by atoms with Crippen molar-refractivity contribution >= 4 is 0 Å². The highest BCUT2D eigenvalue weighted by Gasteiger charge is 2.15. The van der Waals surface area contributed by atoms with Crippen molar-refractivity contribution in [3.05, 3.63) is 23.8 Å². The molecule has 1 aromatic rings. The molecule has 21 heavy (non-hydrogen) atoms. The molecule has 0 amide bonds. The third-order valence-electron chi connectivity index (χ3n) is 4.63. The summed E-state index contributed by atoms with van der Waals surface area (Å²) < 4.78 is 10.8. The van der Waals surface area contributed by atoms with Gasteiger partial charge < -0.3 is 14.8 Å². The second-order valence-electron chi connectivity index (χ2n) is 6.08. The molecule has 1 N–H and O–H groups in total. The second-order valence-corrected chi connectivity index (χ2v) is 6.08. The highest BCUT2D eigenvalue weighted by molar-refractivity contribution is 5.42. The standard InChI is InChI=1S/C18H29NO2/c1-14(19-12-11-15-7-5-4-6-8-15)17-13-16(20-2)9-10-18(17)21-3/h9-10,13-15,19H,4-8,11-12H2,1-3H3. The SMILES string of the molecule is COc1ccc(OC)c(C(C)NCCC2CCCCC2)c1. The molecule has 0 aromatic heterocycles. The molecule has 1 atom stereocenters. The summed E-state index contributed by atoms with van der Waals surface area (Å²) in [5.74, 6) is 2.73. The monoisotopic (exact) mass is 291 g/mol. The van der Waals surface area contributed by atoms with Crippen molar-refractivity contribution in [2.45, 2.75) is 51.5 Å². The number of ether oxygens (including phenoxy) is 2. The van der Waals surface area contributed by atoms with Gasteiger partial charge >= 0.3 is 0 Å². The first-order chi connectivity index (χ1) is 10.2. The summed E-state index contributed by atoms with van der Waals surface area (Å²) in [5.41, 5.74) is 1.17. The molecule has 0 aliphatic heterocycles. The normalized spacial score (nSPS) is 17.5. The van der Waals surface area contributed by atoms with Crippen molar-refractivity contribution in [1.82, 2.24) is 5.32 Å². The van der Waals surface area contributed by atoms with Crippen LogP contribution < -0.4 is 14.8 Å². The summed E-state index contributed by atoms with van der Waals surface area (Å²) in [7, 11) is 3.42. The van der Waals surface area contributed by atoms with E-state index in [9.17, 15) is 0 Å². The minimum Gasteiger partial charge on any atom is -0.497 e. The molecule has 1 saturated carbocycles. The van der Waals surface area contributed by atoms with Crippen LogP contribution in [-0.4, -0.2) is 20.8 Å². The number of hydrogen-bond acceptors (Lipinski definition) is 3. The molecule has 3 nitrogen and oxygen atoms in total. The van der Waals surface area contributed by atoms with E-state index in [1.54, 1.807) is 14.2 Å². The minimum absolute atomic E-state index is 0.277. The van der Waals surface area contributed by atoms with Crippen LogP contribution in [0.5, 0.6) is 11.5 Å². The number of benzene rings is 1. The van der Waals surface area contributed by atoms with Crippen molar-refractivity contribution in [2.24, 2.45) is 5.92 Å².